The monoisotopic (exact) mass is 406 g/mol. The quantitative estimate of drug-likeness (QED) is 0.610. The van der Waals surface area contributed by atoms with Crippen molar-refractivity contribution < 1.29 is 19.1 Å². The Morgan fingerprint density at radius 1 is 1.00 bits per heavy atom. The third-order valence-corrected chi connectivity index (χ3v) is 4.37. The van der Waals surface area contributed by atoms with Crippen molar-refractivity contribution in [2.75, 3.05) is 6.61 Å². The Morgan fingerprint density at radius 3 is 2.20 bits per heavy atom. The molecular weight excluding hydrogens is 384 g/mol. The zero-order valence-corrected chi connectivity index (χ0v) is 16.7. The van der Waals surface area contributed by atoms with E-state index in [1.807, 2.05) is 67.7 Å². The molecule has 1 heterocycles. The van der Waals surface area contributed by atoms with Crippen LogP contribution >= 0.6 is 0 Å². The molecule has 0 saturated heterocycles. The van der Waals surface area contributed by atoms with E-state index in [0.29, 0.717) is 12.2 Å². The number of hydrogen-bond acceptors (Lipinski definition) is 5. The van der Waals surface area contributed by atoms with Gasteiger partial charge >= 0.3 is 12.0 Å². The maximum atomic E-state index is 12.6. The van der Waals surface area contributed by atoms with E-state index in [1.165, 1.54) is 0 Å². The molecule has 0 aliphatic carbocycles. The summed E-state index contributed by atoms with van der Waals surface area (Å²) in [7, 11) is 0. The Morgan fingerprint density at radius 2 is 1.60 bits per heavy atom. The summed E-state index contributed by atoms with van der Waals surface area (Å²) in [5.41, 5.74) is 9.55. The number of nitrogens with zero attached hydrogens (tertiary/aromatic N) is 2. The van der Waals surface area contributed by atoms with Crippen LogP contribution in [0, 0.1) is 13.8 Å². The first-order valence-electron chi connectivity index (χ1n) is 9.28. The zero-order valence-electron chi connectivity index (χ0n) is 16.7. The summed E-state index contributed by atoms with van der Waals surface area (Å²) >= 11 is 0. The van der Waals surface area contributed by atoms with Crippen LogP contribution in [0.1, 0.15) is 27.0 Å². The molecule has 3 rings (SSSR count). The number of nitrogens with one attached hydrogen (secondary N) is 1. The van der Waals surface area contributed by atoms with Crippen LogP contribution in [-0.4, -0.2) is 34.3 Å². The van der Waals surface area contributed by atoms with Crippen molar-refractivity contribution in [2.24, 2.45) is 5.73 Å². The molecule has 3 N–H and O–H groups in total. The molecular formula is C22H22N4O4. The second-order valence-electron chi connectivity index (χ2n) is 6.93. The van der Waals surface area contributed by atoms with Gasteiger partial charge in [0.2, 0.25) is 0 Å². The van der Waals surface area contributed by atoms with Crippen molar-refractivity contribution in [3.63, 3.8) is 0 Å². The summed E-state index contributed by atoms with van der Waals surface area (Å²) in [6.07, 6.45) is 1.59. The van der Waals surface area contributed by atoms with E-state index in [9.17, 15) is 14.4 Å². The van der Waals surface area contributed by atoms with Crippen LogP contribution in [0.25, 0.3) is 11.3 Å². The van der Waals surface area contributed by atoms with Crippen molar-refractivity contribution in [1.29, 1.82) is 0 Å². The topological polar surface area (TPSA) is 116 Å². The van der Waals surface area contributed by atoms with Crippen molar-refractivity contribution in [3.05, 3.63) is 77.0 Å². The highest BCUT2D eigenvalue weighted by Gasteiger charge is 2.20. The number of aryl methyl sites for hydroxylation is 2. The smallest absolute Gasteiger partial charge is 0.342 e. The Hall–Kier alpha value is -3.94. The number of urea groups is 1. The number of primary amides is 1. The minimum Gasteiger partial charge on any atom is -0.452 e. The molecule has 0 saturated carbocycles. The molecule has 0 spiro atoms. The molecule has 0 atom stereocenters. The Balaban J connectivity index is 1.87. The molecule has 2 aromatic carbocycles. The number of carbonyl (C=O) groups is 3. The predicted octanol–water partition coefficient (Wildman–Crippen LogP) is 2.57. The Labute approximate surface area is 173 Å². The predicted molar refractivity (Wildman–Crippen MR) is 111 cm³/mol. The molecule has 0 fully saturated rings. The van der Waals surface area contributed by atoms with E-state index in [1.54, 1.807) is 10.9 Å². The normalized spacial score (nSPS) is 10.5. The number of benzene rings is 2. The number of hydrogen-bond donors (Lipinski definition) is 2. The maximum absolute atomic E-state index is 12.6. The summed E-state index contributed by atoms with van der Waals surface area (Å²) in [6.45, 7) is 3.81. The SMILES string of the molecule is Cc1ccc(Cn2cc(C(=O)OCC(=O)NC(N)=O)c(-c3ccc(C)cc3)n2)cc1. The van der Waals surface area contributed by atoms with Gasteiger partial charge in [0.15, 0.2) is 6.61 Å². The Kier molecular flexibility index (Phi) is 6.26. The first-order valence-corrected chi connectivity index (χ1v) is 9.28. The molecule has 3 amide bonds. The van der Waals surface area contributed by atoms with Gasteiger partial charge in [0.25, 0.3) is 5.91 Å². The van der Waals surface area contributed by atoms with Crippen LogP contribution < -0.4 is 11.1 Å². The van der Waals surface area contributed by atoms with Crippen LogP contribution in [0.4, 0.5) is 4.79 Å². The van der Waals surface area contributed by atoms with Crippen molar-refractivity contribution in [1.82, 2.24) is 15.1 Å². The molecule has 0 unspecified atom stereocenters. The van der Waals surface area contributed by atoms with Gasteiger partial charge in [-0.15, -0.1) is 0 Å². The van der Waals surface area contributed by atoms with Crippen LogP contribution in [0.3, 0.4) is 0 Å². The third kappa shape index (κ3) is 5.32. The van der Waals surface area contributed by atoms with Crippen LogP contribution in [0.15, 0.2) is 54.7 Å². The minimum absolute atomic E-state index is 0.220. The lowest BCUT2D eigenvalue weighted by atomic mass is 10.1. The number of ether oxygens (including phenoxy) is 1. The van der Waals surface area contributed by atoms with Crippen LogP contribution in [0.5, 0.6) is 0 Å². The van der Waals surface area contributed by atoms with E-state index in [0.717, 1.165) is 22.3 Å². The minimum atomic E-state index is -1.01. The molecule has 8 heteroatoms. The number of imide groups is 1. The first kappa shape index (κ1) is 20.8. The summed E-state index contributed by atoms with van der Waals surface area (Å²) in [6, 6.07) is 14.6. The number of rotatable bonds is 6. The van der Waals surface area contributed by atoms with E-state index >= 15 is 0 Å². The van der Waals surface area contributed by atoms with Gasteiger partial charge in [0.1, 0.15) is 11.3 Å². The fourth-order valence-electron chi connectivity index (χ4n) is 2.84. The molecule has 3 aromatic rings. The lowest BCUT2D eigenvalue weighted by Crippen LogP contribution is -2.37. The Bertz CT molecular complexity index is 1070. The molecule has 0 aliphatic heterocycles. The zero-order chi connectivity index (χ0) is 21.7. The average Bonchev–Trinajstić information content (AvgIpc) is 3.12. The molecule has 30 heavy (non-hydrogen) atoms. The summed E-state index contributed by atoms with van der Waals surface area (Å²) < 4.78 is 6.70. The van der Waals surface area contributed by atoms with Crippen molar-refractivity contribution in [2.45, 2.75) is 20.4 Å². The first-order chi connectivity index (χ1) is 14.3. The molecule has 0 bridgehead atoms. The van der Waals surface area contributed by atoms with E-state index in [2.05, 4.69) is 5.10 Å². The molecule has 0 aliphatic rings. The van der Waals surface area contributed by atoms with Gasteiger partial charge in [-0.2, -0.15) is 5.10 Å². The lowest BCUT2D eigenvalue weighted by molar-refractivity contribution is -0.123. The highest BCUT2D eigenvalue weighted by molar-refractivity contribution is 5.99. The van der Waals surface area contributed by atoms with Gasteiger partial charge in [-0.3, -0.25) is 14.8 Å². The summed E-state index contributed by atoms with van der Waals surface area (Å²) in [5.74, 6) is -1.53. The highest BCUT2D eigenvalue weighted by atomic mass is 16.5. The standard InChI is InChI=1S/C22H22N4O4/c1-14-3-7-16(8-4-14)11-26-12-18(21(28)30-13-19(27)24-22(23)29)20(25-26)17-9-5-15(2)6-10-17/h3-10,12H,11,13H2,1-2H3,(H3,23,24,27,29). The van der Waals surface area contributed by atoms with Crippen molar-refractivity contribution >= 4 is 17.9 Å². The molecule has 0 radical (unpaired) electrons. The number of nitrogens with two attached hydrogens (primary N) is 1. The lowest BCUT2D eigenvalue weighted by Gasteiger charge is -2.05. The third-order valence-electron chi connectivity index (χ3n) is 4.37. The van der Waals surface area contributed by atoms with Gasteiger partial charge < -0.3 is 10.5 Å². The second-order valence-corrected chi connectivity index (χ2v) is 6.93. The van der Waals surface area contributed by atoms with Crippen LogP contribution in [-0.2, 0) is 16.1 Å². The number of amides is 3. The fraction of sp³-hybridized carbons (Fsp3) is 0.182. The van der Waals surface area contributed by atoms with E-state index in [-0.39, 0.29) is 5.56 Å². The van der Waals surface area contributed by atoms with Gasteiger partial charge in [-0.25, -0.2) is 9.59 Å². The van der Waals surface area contributed by atoms with E-state index < -0.39 is 24.5 Å². The van der Waals surface area contributed by atoms with Gasteiger partial charge in [0, 0.05) is 11.8 Å². The van der Waals surface area contributed by atoms with Gasteiger partial charge in [-0.05, 0) is 19.4 Å². The molecule has 154 valence electrons. The largest absolute Gasteiger partial charge is 0.452 e. The summed E-state index contributed by atoms with van der Waals surface area (Å²) in [4.78, 5) is 34.9. The van der Waals surface area contributed by atoms with E-state index in [4.69, 9.17) is 10.5 Å². The number of aromatic nitrogens is 2. The highest BCUT2D eigenvalue weighted by Crippen LogP contribution is 2.24. The number of carbonyl (C=O) groups excluding carboxylic acids is 3. The molecule has 1 aromatic heterocycles. The molecule has 8 nitrogen and oxygen atoms in total. The maximum Gasteiger partial charge on any atom is 0.342 e. The van der Waals surface area contributed by atoms with Crippen molar-refractivity contribution in [3.8, 4) is 11.3 Å². The second kappa shape index (κ2) is 9.04. The number of esters is 1. The average molecular weight is 406 g/mol. The van der Waals surface area contributed by atoms with Gasteiger partial charge in [-0.1, -0.05) is 59.7 Å². The fourth-order valence-corrected chi connectivity index (χ4v) is 2.84. The summed E-state index contributed by atoms with van der Waals surface area (Å²) in [5, 5.41) is 6.41. The van der Waals surface area contributed by atoms with Gasteiger partial charge in [0.05, 0.1) is 6.54 Å². The van der Waals surface area contributed by atoms with Crippen LogP contribution in [0.2, 0.25) is 0 Å².